The predicted octanol–water partition coefficient (Wildman–Crippen LogP) is 3.31. The van der Waals surface area contributed by atoms with Gasteiger partial charge in [-0.3, -0.25) is 13.9 Å². The van der Waals surface area contributed by atoms with Crippen LogP contribution in [0.1, 0.15) is 31.4 Å². The molecule has 1 N–H and O–H groups in total. The summed E-state index contributed by atoms with van der Waals surface area (Å²) < 4.78 is 27.1. The van der Waals surface area contributed by atoms with Crippen LogP contribution in [0.25, 0.3) is 0 Å². The molecule has 0 heterocycles. The van der Waals surface area contributed by atoms with Crippen LogP contribution >= 0.6 is 22.6 Å². The minimum absolute atomic E-state index is 0.214. The van der Waals surface area contributed by atoms with Crippen LogP contribution in [0, 0.1) is 10.5 Å². The number of anilines is 1. The molecule has 0 saturated heterocycles. The van der Waals surface area contributed by atoms with Crippen molar-refractivity contribution in [2.24, 2.45) is 0 Å². The first kappa shape index (κ1) is 26.1. The van der Waals surface area contributed by atoms with Crippen LogP contribution in [-0.2, 0) is 26.2 Å². The van der Waals surface area contributed by atoms with Crippen LogP contribution in [0.4, 0.5) is 5.69 Å². The summed E-state index contributed by atoms with van der Waals surface area (Å²) in [7, 11) is -3.72. The normalized spacial score (nSPS) is 12.2. The number of hydrogen-bond donors (Lipinski definition) is 1. The molecular weight excluding hydrogens is 541 g/mol. The van der Waals surface area contributed by atoms with Crippen LogP contribution in [-0.4, -0.2) is 50.5 Å². The zero-order valence-corrected chi connectivity index (χ0v) is 21.8. The first-order chi connectivity index (χ1) is 15.1. The molecule has 0 radical (unpaired) electrons. The Kier molecular flexibility index (Phi) is 9.50. The number of sulfonamides is 1. The highest BCUT2D eigenvalue weighted by Gasteiger charge is 2.31. The second-order valence-corrected chi connectivity index (χ2v) is 10.7. The molecule has 174 valence electrons. The molecule has 0 aliphatic rings. The van der Waals surface area contributed by atoms with E-state index >= 15 is 0 Å². The van der Waals surface area contributed by atoms with E-state index in [4.69, 9.17) is 0 Å². The van der Waals surface area contributed by atoms with E-state index in [0.717, 1.165) is 25.3 Å². The molecule has 2 rings (SSSR count). The smallest absolute Gasteiger partial charge is 0.244 e. The monoisotopic (exact) mass is 571 g/mol. The Hall–Kier alpha value is -2.14. The Morgan fingerprint density at radius 1 is 1.06 bits per heavy atom. The van der Waals surface area contributed by atoms with Gasteiger partial charge < -0.3 is 10.2 Å². The lowest BCUT2D eigenvalue weighted by atomic mass is 10.1. The van der Waals surface area contributed by atoms with Gasteiger partial charge in [-0.2, -0.15) is 0 Å². The Labute approximate surface area is 204 Å². The fraction of sp³-hybridized carbons (Fsp3) is 0.391. The third-order valence-electron chi connectivity index (χ3n) is 5.13. The number of benzene rings is 2. The number of halogens is 1. The van der Waals surface area contributed by atoms with E-state index in [-0.39, 0.29) is 19.0 Å². The average Bonchev–Trinajstić information content (AvgIpc) is 2.73. The lowest BCUT2D eigenvalue weighted by Crippen LogP contribution is -2.52. The van der Waals surface area contributed by atoms with Crippen molar-refractivity contribution in [1.29, 1.82) is 0 Å². The van der Waals surface area contributed by atoms with Crippen molar-refractivity contribution < 1.29 is 18.0 Å². The number of amides is 2. The molecule has 2 amide bonds. The molecule has 0 spiro atoms. The number of rotatable bonds is 10. The lowest BCUT2D eigenvalue weighted by molar-refractivity contribution is -0.140. The van der Waals surface area contributed by atoms with Gasteiger partial charge in [0.15, 0.2) is 0 Å². The highest BCUT2D eigenvalue weighted by atomic mass is 127. The fourth-order valence-corrected chi connectivity index (χ4v) is 4.61. The minimum Gasteiger partial charge on any atom is -0.355 e. The molecule has 32 heavy (non-hydrogen) atoms. The van der Waals surface area contributed by atoms with E-state index in [1.54, 1.807) is 24.3 Å². The van der Waals surface area contributed by atoms with Gasteiger partial charge >= 0.3 is 0 Å². The number of aryl methyl sites for hydroxylation is 1. The lowest BCUT2D eigenvalue weighted by Gasteiger charge is -2.33. The predicted molar refractivity (Wildman–Crippen MR) is 136 cm³/mol. The molecule has 0 fully saturated rings. The van der Waals surface area contributed by atoms with Gasteiger partial charge in [0, 0.05) is 16.7 Å². The van der Waals surface area contributed by atoms with Crippen molar-refractivity contribution in [3.05, 3.63) is 63.2 Å². The number of likely N-dealkylation sites (N-methyl/N-ethyl adjacent to an activating group) is 1. The SMILES string of the molecule is CCNC(=O)C(CC)N(Cc1ccccc1C)C(=O)CN(c1ccc(I)cc1)S(C)(=O)=O. The minimum atomic E-state index is -3.72. The topological polar surface area (TPSA) is 86.8 Å². The van der Waals surface area contributed by atoms with Crippen molar-refractivity contribution in [3.8, 4) is 0 Å². The summed E-state index contributed by atoms with van der Waals surface area (Å²) in [6, 6.07) is 13.8. The number of carbonyl (C=O) groups is 2. The van der Waals surface area contributed by atoms with Crippen molar-refractivity contribution >= 4 is 50.1 Å². The third-order valence-corrected chi connectivity index (χ3v) is 6.99. The van der Waals surface area contributed by atoms with E-state index < -0.39 is 22.0 Å². The molecule has 0 bridgehead atoms. The second-order valence-electron chi connectivity index (χ2n) is 7.51. The summed E-state index contributed by atoms with van der Waals surface area (Å²) >= 11 is 2.13. The fourth-order valence-electron chi connectivity index (χ4n) is 3.40. The molecule has 1 unspecified atom stereocenters. The molecule has 2 aromatic rings. The van der Waals surface area contributed by atoms with Crippen molar-refractivity contribution in [3.63, 3.8) is 0 Å². The zero-order valence-electron chi connectivity index (χ0n) is 18.8. The largest absolute Gasteiger partial charge is 0.355 e. The molecule has 2 aromatic carbocycles. The summed E-state index contributed by atoms with van der Waals surface area (Å²) in [6.45, 7) is 5.87. The maximum atomic E-state index is 13.5. The van der Waals surface area contributed by atoms with Crippen LogP contribution in [0.5, 0.6) is 0 Å². The van der Waals surface area contributed by atoms with Gasteiger partial charge in [-0.25, -0.2) is 8.42 Å². The second kappa shape index (κ2) is 11.6. The molecule has 0 aliphatic carbocycles. The van der Waals surface area contributed by atoms with Crippen LogP contribution < -0.4 is 9.62 Å². The summed E-state index contributed by atoms with van der Waals surface area (Å²) in [5.41, 5.74) is 2.31. The average molecular weight is 571 g/mol. The van der Waals surface area contributed by atoms with Gasteiger partial charge in [0.1, 0.15) is 12.6 Å². The zero-order chi connectivity index (χ0) is 23.9. The van der Waals surface area contributed by atoms with Gasteiger partial charge in [0.25, 0.3) is 0 Å². The first-order valence-electron chi connectivity index (χ1n) is 10.4. The van der Waals surface area contributed by atoms with E-state index in [0.29, 0.717) is 18.7 Å². The molecule has 0 aliphatic heterocycles. The van der Waals surface area contributed by atoms with Gasteiger partial charge in [-0.1, -0.05) is 31.2 Å². The van der Waals surface area contributed by atoms with Crippen molar-refractivity contribution in [2.75, 3.05) is 23.7 Å². The van der Waals surface area contributed by atoms with Gasteiger partial charge in [-0.05, 0) is 78.3 Å². The van der Waals surface area contributed by atoms with E-state index in [2.05, 4.69) is 27.9 Å². The molecule has 0 saturated carbocycles. The Morgan fingerprint density at radius 2 is 1.69 bits per heavy atom. The molecule has 9 heteroatoms. The third kappa shape index (κ3) is 6.93. The maximum absolute atomic E-state index is 13.5. The van der Waals surface area contributed by atoms with Crippen LogP contribution in [0.3, 0.4) is 0 Å². The summed E-state index contributed by atoms with van der Waals surface area (Å²) in [5.74, 6) is -0.688. The summed E-state index contributed by atoms with van der Waals surface area (Å²) in [5, 5.41) is 2.79. The summed E-state index contributed by atoms with van der Waals surface area (Å²) in [6.07, 6.45) is 1.48. The highest BCUT2D eigenvalue weighted by Crippen LogP contribution is 2.21. The van der Waals surface area contributed by atoms with Gasteiger partial charge in [0.05, 0.1) is 11.9 Å². The quantitative estimate of drug-likeness (QED) is 0.444. The molecular formula is C23H30IN3O4S. The van der Waals surface area contributed by atoms with E-state index in [9.17, 15) is 18.0 Å². The van der Waals surface area contributed by atoms with Crippen LogP contribution in [0.15, 0.2) is 48.5 Å². The van der Waals surface area contributed by atoms with Crippen molar-refractivity contribution in [1.82, 2.24) is 10.2 Å². The number of hydrogen-bond acceptors (Lipinski definition) is 4. The Bertz CT molecular complexity index is 1040. The first-order valence-corrected chi connectivity index (χ1v) is 13.4. The molecule has 0 aromatic heterocycles. The van der Waals surface area contributed by atoms with E-state index in [1.165, 1.54) is 4.90 Å². The van der Waals surface area contributed by atoms with Gasteiger partial charge in [0.2, 0.25) is 21.8 Å². The highest BCUT2D eigenvalue weighted by molar-refractivity contribution is 14.1. The van der Waals surface area contributed by atoms with Crippen LogP contribution in [0.2, 0.25) is 0 Å². The summed E-state index contributed by atoms with van der Waals surface area (Å²) in [4.78, 5) is 27.7. The number of carbonyl (C=O) groups excluding carboxylic acids is 2. The number of nitrogens with zero attached hydrogens (tertiary/aromatic N) is 2. The van der Waals surface area contributed by atoms with Crippen molar-refractivity contribution in [2.45, 2.75) is 39.8 Å². The molecule has 7 nitrogen and oxygen atoms in total. The standard InChI is InChI=1S/C23H30IN3O4S/c1-5-21(23(29)25-6-2)26(15-18-10-8-7-9-17(18)3)22(28)16-27(32(4,30)31)20-13-11-19(24)12-14-20/h7-14,21H,5-6,15-16H2,1-4H3,(H,25,29). The maximum Gasteiger partial charge on any atom is 0.244 e. The Morgan fingerprint density at radius 3 is 2.22 bits per heavy atom. The number of nitrogens with one attached hydrogen (secondary N) is 1. The van der Waals surface area contributed by atoms with Gasteiger partial charge in [-0.15, -0.1) is 0 Å². The Balaban J connectivity index is 2.43. The molecule has 1 atom stereocenters. The van der Waals surface area contributed by atoms with E-state index in [1.807, 2.05) is 45.0 Å².